The molecule has 0 radical (unpaired) electrons. The fourth-order valence-corrected chi connectivity index (χ4v) is 2.65. The van der Waals surface area contributed by atoms with Crippen molar-refractivity contribution in [3.8, 4) is 0 Å². The highest BCUT2D eigenvalue weighted by atomic mass is 35.5. The molecule has 0 aliphatic heterocycles. The Labute approximate surface area is 116 Å². The first-order valence-electron chi connectivity index (χ1n) is 6.02. The maximum absolute atomic E-state index is 12.6. The SMILES string of the molecule is Cn1cc(Cl)c2cccc(C(=O)c3ccccc3)c21. The number of carbonyl (C=O) groups is 1. The Balaban J connectivity index is 2.24. The Bertz CT molecular complexity index is 759. The van der Waals surface area contributed by atoms with Crippen LogP contribution >= 0.6 is 11.6 Å². The van der Waals surface area contributed by atoms with Crippen molar-refractivity contribution >= 4 is 28.3 Å². The van der Waals surface area contributed by atoms with Gasteiger partial charge < -0.3 is 4.57 Å². The molecular weight excluding hydrogens is 258 g/mol. The summed E-state index contributed by atoms with van der Waals surface area (Å²) in [5, 5.41) is 1.58. The molecule has 0 unspecified atom stereocenters. The van der Waals surface area contributed by atoms with Gasteiger partial charge in [-0.3, -0.25) is 4.79 Å². The van der Waals surface area contributed by atoms with Gasteiger partial charge in [-0.05, 0) is 6.07 Å². The number of halogens is 1. The lowest BCUT2D eigenvalue weighted by Gasteiger charge is -2.05. The minimum atomic E-state index is 0.0177. The van der Waals surface area contributed by atoms with Gasteiger partial charge in [0.15, 0.2) is 5.78 Å². The lowest BCUT2D eigenvalue weighted by molar-refractivity contribution is 0.104. The summed E-state index contributed by atoms with van der Waals surface area (Å²) in [5.41, 5.74) is 2.24. The predicted octanol–water partition coefficient (Wildman–Crippen LogP) is 4.06. The van der Waals surface area contributed by atoms with Crippen LogP contribution in [0, 0.1) is 0 Å². The minimum absolute atomic E-state index is 0.0177. The molecule has 2 nitrogen and oxygen atoms in total. The van der Waals surface area contributed by atoms with Crippen LogP contribution < -0.4 is 0 Å². The smallest absolute Gasteiger partial charge is 0.195 e. The molecule has 0 spiro atoms. The van der Waals surface area contributed by atoms with E-state index in [-0.39, 0.29) is 5.78 Å². The minimum Gasteiger partial charge on any atom is -0.348 e. The molecule has 0 saturated carbocycles. The zero-order chi connectivity index (χ0) is 13.4. The summed E-state index contributed by atoms with van der Waals surface area (Å²) < 4.78 is 1.90. The van der Waals surface area contributed by atoms with Gasteiger partial charge >= 0.3 is 0 Å². The van der Waals surface area contributed by atoms with Crippen LogP contribution in [0.3, 0.4) is 0 Å². The van der Waals surface area contributed by atoms with Crippen molar-refractivity contribution in [1.29, 1.82) is 0 Å². The van der Waals surface area contributed by atoms with E-state index in [9.17, 15) is 4.79 Å². The topological polar surface area (TPSA) is 22.0 Å². The molecule has 3 heteroatoms. The fourth-order valence-electron chi connectivity index (χ4n) is 2.35. The fraction of sp³-hybridized carbons (Fsp3) is 0.0625. The largest absolute Gasteiger partial charge is 0.348 e. The number of fused-ring (bicyclic) bond motifs is 1. The number of hydrogen-bond acceptors (Lipinski definition) is 1. The van der Waals surface area contributed by atoms with E-state index in [1.807, 2.05) is 66.3 Å². The van der Waals surface area contributed by atoms with Crippen molar-refractivity contribution in [3.05, 3.63) is 70.9 Å². The summed E-state index contributed by atoms with van der Waals surface area (Å²) in [6, 6.07) is 14.9. The molecule has 0 N–H and O–H groups in total. The molecule has 0 bridgehead atoms. The van der Waals surface area contributed by atoms with Crippen LogP contribution in [0.5, 0.6) is 0 Å². The van der Waals surface area contributed by atoms with Crippen LogP contribution in [0.15, 0.2) is 54.7 Å². The number of hydrogen-bond donors (Lipinski definition) is 0. The van der Waals surface area contributed by atoms with Gasteiger partial charge in [-0.1, -0.05) is 54.1 Å². The van der Waals surface area contributed by atoms with Gasteiger partial charge in [0.2, 0.25) is 0 Å². The van der Waals surface area contributed by atoms with Gasteiger partial charge in [0.05, 0.1) is 10.5 Å². The summed E-state index contributed by atoms with van der Waals surface area (Å²) in [7, 11) is 1.90. The van der Waals surface area contributed by atoms with E-state index in [1.54, 1.807) is 0 Å². The first-order valence-corrected chi connectivity index (χ1v) is 6.39. The van der Waals surface area contributed by atoms with Crippen molar-refractivity contribution in [2.24, 2.45) is 7.05 Å². The Morgan fingerprint density at radius 1 is 1.05 bits per heavy atom. The lowest BCUT2D eigenvalue weighted by atomic mass is 10.0. The summed E-state index contributed by atoms with van der Waals surface area (Å²) in [6.07, 6.45) is 1.83. The molecule has 0 aliphatic carbocycles. The Hall–Kier alpha value is -2.06. The van der Waals surface area contributed by atoms with E-state index < -0.39 is 0 Å². The number of aromatic nitrogens is 1. The van der Waals surface area contributed by atoms with Crippen molar-refractivity contribution in [3.63, 3.8) is 0 Å². The van der Waals surface area contributed by atoms with Gasteiger partial charge in [-0.2, -0.15) is 0 Å². The number of rotatable bonds is 2. The molecule has 94 valence electrons. The van der Waals surface area contributed by atoms with Crippen molar-refractivity contribution in [2.45, 2.75) is 0 Å². The average molecular weight is 270 g/mol. The highest BCUT2D eigenvalue weighted by Gasteiger charge is 2.15. The number of nitrogens with zero attached hydrogens (tertiary/aromatic N) is 1. The molecule has 0 saturated heterocycles. The third-order valence-electron chi connectivity index (χ3n) is 3.23. The molecule has 19 heavy (non-hydrogen) atoms. The normalized spacial score (nSPS) is 10.8. The standard InChI is InChI=1S/C16H12ClNO/c1-18-10-14(17)12-8-5-9-13(15(12)18)16(19)11-6-3-2-4-7-11/h2-10H,1H3. The van der Waals surface area contributed by atoms with Crippen molar-refractivity contribution < 1.29 is 4.79 Å². The third-order valence-corrected chi connectivity index (χ3v) is 3.53. The lowest BCUT2D eigenvalue weighted by Crippen LogP contribution is -2.03. The maximum Gasteiger partial charge on any atom is 0.195 e. The molecule has 1 aromatic heterocycles. The Morgan fingerprint density at radius 2 is 1.79 bits per heavy atom. The van der Waals surface area contributed by atoms with Gasteiger partial charge in [0.25, 0.3) is 0 Å². The van der Waals surface area contributed by atoms with Gasteiger partial charge in [-0.15, -0.1) is 0 Å². The third kappa shape index (κ3) is 1.94. The zero-order valence-corrected chi connectivity index (χ0v) is 11.2. The van der Waals surface area contributed by atoms with Gasteiger partial charge in [-0.25, -0.2) is 0 Å². The monoisotopic (exact) mass is 269 g/mol. The van der Waals surface area contributed by atoms with Crippen LogP contribution in [0.4, 0.5) is 0 Å². The molecule has 3 rings (SSSR count). The molecule has 1 heterocycles. The Kier molecular flexibility index (Phi) is 2.88. The number of aryl methyl sites for hydroxylation is 1. The zero-order valence-electron chi connectivity index (χ0n) is 10.4. The van der Waals surface area contributed by atoms with Gasteiger partial charge in [0.1, 0.15) is 0 Å². The molecule has 0 atom stereocenters. The van der Waals surface area contributed by atoms with E-state index in [2.05, 4.69) is 0 Å². The summed E-state index contributed by atoms with van der Waals surface area (Å²) in [4.78, 5) is 12.6. The predicted molar refractivity (Wildman–Crippen MR) is 77.8 cm³/mol. The highest BCUT2D eigenvalue weighted by Crippen LogP contribution is 2.28. The molecule has 2 aromatic carbocycles. The van der Waals surface area contributed by atoms with E-state index in [0.29, 0.717) is 16.1 Å². The average Bonchev–Trinajstić information content (AvgIpc) is 2.74. The van der Waals surface area contributed by atoms with Crippen LogP contribution in [-0.2, 0) is 7.05 Å². The van der Waals surface area contributed by atoms with Crippen LogP contribution in [-0.4, -0.2) is 10.4 Å². The molecule has 0 amide bonds. The van der Waals surface area contributed by atoms with E-state index in [4.69, 9.17) is 11.6 Å². The van der Waals surface area contributed by atoms with Crippen molar-refractivity contribution in [1.82, 2.24) is 4.57 Å². The quantitative estimate of drug-likeness (QED) is 0.643. The first kappa shape index (κ1) is 12.0. The Morgan fingerprint density at radius 3 is 2.53 bits per heavy atom. The molecule has 3 aromatic rings. The molecular formula is C16H12ClNO. The number of para-hydroxylation sites is 1. The van der Waals surface area contributed by atoms with Gasteiger partial charge in [0, 0.05) is 29.8 Å². The molecule has 0 aliphatic rings. The van der Waals surface area contributed by atoms with Crippen molar-refractivity contribution in [2.75, 3.05) is 0 Å². The number of carbonyl (C=O) groups excluding carboxylic acids is 1. The van der Waals surface area contributed by atoms with E-state index in [1.165, 1.54) is 0 Å². The molecule has 0 fully saturated rings. The van der Waals surface area contributed by atoms with E-state index >= 15 is 0 Å². The number of benzene rings is 2. The van der Waals surface area contributed by atoms with Crippen LogP contribution in [0.2, 0.25) is 5.02 Å². The first-order chi connectivity index (χ1) is 9.18. The summed E-state index contributed by atoms with van der Waals surface area (Å²) >= 11 is 6.17. The second-order valence-electron chi connectivity index (χ2n) is 4.48. The van der Waals surface area contributed by atoms with E-state index in [0.717, 1.165) is 10.9 Å². The second kappa shape index (κ2) is 4.56. The summed E-state index contributed by atoms with van der Waals surface area (Å²) in [5.74, 6) is 0.0177. The number of ketones is 1. The van der Waals surface area contributed by atoms with Crippen LogP contribution in [0.1, 0.15) is 15.9 Å². The highest BCUT2D eigenvalue weighted by molar-refractivity contribution is 6.36. The maximum atomic E-state index is 12.6. The second-order valence-corrected chi connectivity index (χ2v) is 4.89. The van der Waals surface area contributed by atoms with Crippen LogP contribution in [0.25, 0.3) is 10.9 Å². The summed E-state index contributed by atoms with van der Waals surface area (Å²) in [6.45, 7) is 0.